The van der Waals surface area contributed by atoms with E-state index in [9.17, 15) is 22.8 Å². The molecule has 1 aliphatic heterocycles. The first-order valence-corrected chi connectivity index (χ1v) is 10.1. The Bertz CT molecular complexity index is 1030. The van der Waals surface area contributed by atoms with E-state index in [1.165, 1.54) is 36.4 Å². The second kappa shape index (κ2) is 7.50. The van der Waals surface area contributed by atoms with Gasteiger partial charge in [0.25, 0.3) is 11.8 Å². The summed E-state index contributed by atoms with van der Waals surface area (Å²) in [6.45, 7) is 0. The number of benzene rings is 2. The molecular weight excluding hydrogens is 392 g/mol. The van der Waals surface area contributed by atoms with Gasteiger partial charge in [-0.1, -0.05) is 17.7 Å². The predicted molar refractivity (Wildman–Crippen MR) is 99.6 cm³/mol. The summed E-state index contributed by atoms with van der Waals surface area (Å²) in [7, 11) is -3.52. The summed E-state index contributed by atoms with van der Waals surface area (Å²) in [5.74, 6) is -1.73. The van der Waals surface area contributed by atoms with Crippen molar-refractivity contribution in [3.05, 3.63) is 58.6 Å². The lowest BCUT2D eigenvalue weighted by molar-refractivity contribution is -0.116. The molecule has 1 heterocycles. The first-order chi connectivity index (χ1) is 12.8. The van der Waals surface area contributed by atoms with E-state index in [4.69, 9.17) is 11.6 Å². The lowest BCUT2D eigenvalue weighted by Crippen LogP contribution is -2.21. The highest BCUT2D eigenvalue weighted by Crippen LogP contribution is 2.24. The Hall–Kier alpha value is -2.71. The topological polar surface area (TPSA) is 109 Å². The number of hydrogen-bond acceptors (Lipinski definition) is 5. The van der Waals surface area contributed by atoms with E-state index in [-0.39, 0.29) is 40.3 Å². The van der Waals surface area contributed by atoms with Crippen molar-refractivity contribution in [2.75, 3.05) is 11.1 Å². The van der Waals surface area contributed by atoms with Crippen molar-refractivity contribution in [1.29, 1.82) is 0 Å². The summed E-state index contributed by atoms with van der Waals surface area (Å²) in [6, 6.07) is 10.4. The van der Waals surface area contributed by atoms with Gasteiger partial charge in [-0.3, -0.25) is 19.7 Å². The average molecular weight is 407 g/mol. The van der Waals surface area contributed by atoms with E-state index in [0.29, 0.717) is 5.02 Å². The molecule has 0 atom stereocenters. The maximum Gasteiger partial charge on any atom is 0.261 e. The Labute approximate surface area is 160 Å². The van der Waals surface area contributed by atoms with E-state index in [2.05, 4.69) is 10.6 Å². The molecule has 3 rings (SSSR count). The van der Waals surface area contributed by atoms with Crippen molar-refractivity contribution in [3.63, 3.8) is 0 Å². The third-order valence-corrected chi connectivity index (χ3v) is 6.10. The van der Waals surface area contributed by atoms with Crippen LogP contribution < -0.4 is 10.6 Å². The van der Waals surface area contributed by atoms with Crippen LogP contribution in [0.1, 0.15) is 33.6 Å². The largest absolute Gasteiger partial charge is 0.325 e. The van der Waals surface area contributed by atoms with Crippen LogP contribution in [0.15, 0.2) is 47.4 Å². The average Bonchev–Trinajstić information content (AvgIpc) is 2.90. The first kappa shape index (κ1) is 19.1. The molecule has 0 saturated heterocycles. The number of amides is 3. The van der Waals surface area contributed by atoms with Crippen LogP contribution in [0.5, 0.6) is 0 Å². The summed E-state index contributed by atoms with van der Waals surface area (Å²) < 4.78 is 24.5. The number of halogens is 1. The molecule has 27 heavy (non-hydrogen) atoms. The monoisotopic (exact) mass is 406 g/mol. The predicted octanol–water partition coefficient (Wildman–Crippen LogP) is 2.42. The van der Waals surface area contributed by atoms with Crippen molar-refractivity contribution in [1.82, 2.24) is 5.32 Å². The zero-order valence-electron chi connectivity index (χ0n) is 14.0. The highest BCUT2D eigenvalue weighted by molar-refractivity contribution is 7.91. The van der Waals surface area contributed by atoms with Crippen LogP contribution in [0.3, 0.4) is 0 Å². The fourth-order valence-electron chi connectivity index (χ4n) is 2.72. The Morgan fingerprint density at radius 2 is 1.74 bits per heavy atom. The number of anilines is 1. The maximum absolute atomic E-state index is 12.3. The highest BCUT2D eigenvalue weighted by atomic mass is 35.5. The van der Waals surface area contributed by atoms with Crippen LogP contribution >= 0.6 is 11.6 Å². The summed E-state index contributed by atoms with van der Waals surface area (Å²) in [6.07, 6.45) is 0.0585. The number of imide groups is 1. The molecule has 0 unspecified atom stereocenters. The zero-order valence-corrected chi connectivity index (χ0v) is 15.6. The number of sulfone groups is 1. The first-order valence-electron chi connectivity index (χ1n) is 8.05. The Morgan fingerprint density at radius 3 is 2.44 bits per heavy atom. The van der Waals surface area contributed by atoms with Gasteiger partial charge in [-0.2, -0.15) is 0 Å². The Balaban J connectivity index is 1.61. The van der Waals surface area contributed by atoms with Gasteiger partial charge in [0.15, 0.2) is 9.84 Å². The van der Waals surface area contributed by atoms with Gasteiger partial charge in [-0.05, 0) is 42.8 Å². The Kier molecular flexibility index (Phi) is 5.29. The van der Waals surface area contributed by atoms with E-state index >= 15 is 0 Å². The summed E-state index contributed by atoms with van der Waals surface area (Å²) >= 11 is 5.75. The number of fused-ring (bicyclic) bond motifs is 1. The standard InChI is InChI=1S/C18H15ClN2O5S/c19-11-6-8-12(9-7-11)27(25,26)10-2-5-15(22)20-14-4-1-3-13-16(14)18(24)21-17(13)23/h1,3-4,6-9H,2,5,10H2,(H,20,22)(H,21,23,24). The van der Waals surface area contributed by atoms with Gasteiger partial charge >= 0.3 is 0 Å². The molecule has 0 aliphatic carbocycles. The van der Waals surface area contributed by atoms with Crippen LogP contribution in [-0.2, 0) is 14.6 Å². The van der Waals surface area contributed by atoms with Crippen LogP contribution in [-0.4, -0.2) is 31.9 Å². The third-order valence-electron chi connectivity index (χ3n) is 4.03. The second-order valence-corrected chi connectivity index (χ2v) is 8.48. The lowest BCUT2D eigenvalue weighted by atomic mass is 10.1. The number of rotatable bonds is 6. The van der Waals surface area contributed by atoms with Gasteiger partial charge in [0.1, 0.15) is 0 Å². The van der Waals surface area contributed by atoms with Crippen molar-refractivity contribution in [2.45, 2.75) is 17.7 Å². The van der Waals surface area contributed by atoms with Gasteiger partial charge in [0.2, 0.25) is 5.91 Å². The number of carbonyl (C=O) groups is 3. The molecule has 0 spiro atoms. The smallest absolute Gasteiger partial charge is 0.261 e. The fourth-order valence-corrected chi connectivity index (χ4v) is 4.16. The van der Waals surface area contributed by atoms with Crippen molar-refractivity contribution in [2.24, 2.45) is 0 Å². The van der Waals surface area contributed by atoms with Gasteiger partial charge in [-0.25, -0.2) is 8.42 Å². The van der Waals surface area contributed by atoms with Crippen LogP contribution in [0.2, 0.25) is 5.02 Å². The van der Waals surface area contributed by atoms with E-state index in [1.807, 2.05) is 0 Å². The molecule has 9 heteroatoms. The van der Waals surface area contributed by atoms with E-state index in [1.54, 1.807) is 6.07 Å². The molecule has 3 amide bonds. The van der Waals surface area contributed by atoms with Gasteiger partial charge < -0.3 is 5.32 Å². The number of nitrogens with one attached hydrogen (secondary N) is 2. The lowest BCUT2D eigenvalue weighted by Gasteiger charge is -2.08. The molecule has 0 radical (unpaired) electrons. The van der Waals surface area contributed by atoms with Gasteiger partial charge in [0, 0.05) is 11.4 Å². The molecule has 7 nitrogen and oxygen atoms in total. The quantitative estimate of drug-likeness (QED) is 0.716. The minimum Gasteiger partial charge on any atom is -0.325 e. The van der Waals surface area contributed by atoms with Crippen molar-refractivity contribution in [3.8, 4) is 0 Å². The second-order valence-electron chi connectivity index (χ2n) is 5.94. The normalized spacial score (nSPS) is 13.2. The molecule has 0 fully saturated rings. The molecule has 0 bridgehead atoms. The molecule has 2 N–H and O–H groups in total. The van der Waals surface area contributed by atoms with Crippen LogP contribution in [0, 0.1) is 0 Å². The van der Waals surface area contributed by atoms with Gasteiger partial charge in [0.05, 0.1) is 27.5 Å². The minimum atomic E-state index is -3.52. The molecule has 1 aliphatic rings. The van der Waals surface area contributed by atoms with Crippen LogP contribution in [0.4, 0.5) is 5.69 Å². The number of carbonyl (C=O) groups excluding carboxylic acids is 3. The van der Waals surface area contributed by atoms with Crippen molar-refractivity contribution < 1.29 is 22.8 Å². The Morgan fingerprint density at radius 1 is 1.04 bits per heavy atom. The van der Waals surface area contributed by atoms with E-state index in [0.717, 1.165) is 0 Å². The molecule has 0 aromatic heterocycles. The maximum atomic E-state index is 12.3. The SMILES string of the molecule is O=C(CCCS(=O)(=O)c1ccc(Cl)cc1)Nc1cccc2c1C(=O)NC2=O. The van der Waals surface area contributed by atoms with E-state index < -0.39 is 27.6 Å². The highest BCUT2D eigenvalue weighted by Gasteiger charge is 2.29. The molecule has 2 aromatic carbocycles. The van der Waals surface area contributed by atoms with Gasteiger partial charge in [-0.15, -0.1) is 0 Å². The fraction of sp³-hybridized carbons (Fsp3) is 0.167. The molecule has 2 aromatic rings. The minimum absolute atomic E-state index is 0.0496. The van der Waals surface area contributed by atoms with Crippen molar-refractivity contribution >= 4 is 44.8 Å². The molecular formula is C18H15ClN2O5S. The molecule has 0 saturated carbocycles. The molecule has 140 valence electrons. The third kappa shape index (κ3) is 4.17. The zero-order chi connectivity index (χ0) is 19.6. The number of hydrogen-bond donors (Lipinski definition) is 2. The van der Waals surface area contributed by atoms with Crippen LogP contribution in [0.25, 0.3) is 0 Å². The summed E-state index contributed by atoms with van der Waals surface area (Å²) in [5.41, 5.74) is 0.536. The summed E-state index contributed by atoms with van der Waals surface area (Å²) in [5, 5.41) is 5.16. The summed E-state index contributed by atoms with van der Waals surface area (Å²) in [4.78, 5) is 35.7.